The second-order valence-corrected chi connectivity index (χ2v) is 6.71. The molecule has 0 radical (unpaired) electrons. The second kappa shape index (κ2) is 8.77. The lowest BCUT2D eigenvalue weighted by Crippen LogP contribution is -2.32. The number of amides is 1. The normalized spacial score (nSPS) is 11.1. The summed E-state index contributed by atoms with van der Waals surface area (Å²) in [6.45, 7) is 2.50. The van der Waals surface area contributed by atoms with Gasteiger partial charge in [-0.25, -0.2) is 18.6 Å². The summed E-state index contributed by atoms with van der Waals surface area (Å²) in [6, 6.07) is 5.20. The van der Waals surface area contributed by atoms with Crippen molar-refractivity contribution in [1.82, 2.24) is 19.9 Å². The van der Waals surface area contributed by atoms with Crippen molar-refractivity contribution in [1.29, 1.82) is 0 Å². The van der Waals surface area contributed by atoms with Crippen LogP contribution in [0.15, 0.2) is 35.3 Å². The molecule has 0 aliphatic heterocycles. The van der Waals surface area contributed by atoms with Crippen LogP contribution in [0.25, 0.3) is 11.2 Å². The Bertz CT molecular complexity index is 1020. The zero-order chi connectivity index (χ0) is 20.1. The molecule has 28 heavy (non-hydrogen) atoms. The number of hydrogen-bond acceptors (Lipinski definition) is 3. The van der Waals surface area contributed by atoms with Gasteiger partial charge in [0, 0.05) is 18.8 Å². The van der Waals surface area contributed by atoms with Crippen LogP contribution in [-0.4, -0.2) is 27.0 Å². The predicted octanol–water partition coefficient (Wildman–Crippen LogP) is 2.70. The van der Waals surface area contributed by atoms with Gasteiger partial charge in [0.2, 0.25) is 5.91 Å². The summed E-state index contributed by atoms with van der Waals surface area (Å²) in [7, 11) is 0. The van der Waals surface area contributed by atoms with E-state index in [1.807, 2.05) is 6.92 Å². The molecular formula is C20H22F2N4O2. The van der Waals surface area contributed by atoms with Gasteiger partial charge in [0.15, 0.2) is 5.65 Å². The van der Waals surface area contributed by atoms with E-state index in [0.29, 0.717) is 36.1 Å². The third-order valence-electron chi connectivity index (χ3n) is 4.44. The number of aromatic amines is 1. The van der Waals surface area contributed by atoms with Crippen molar-refractivity contribution in [2.45, 2.75) is 39.2 Å². The standard InChI is InChI=1S/C20H22F2N4O2/c1-2-3-6-23-18(27)12-26-19-17(25-20(26)28)9-14(11-24-19)5-4-13-7-15(21)10-16(22)8-13/h7-11H,2-6,12H2,1H3,(H,23,27)(H,25,28). The van der Waals surface area contributed by atoms with Crippen molar-refractivity contribution < 1.29 is 13.6 Å². The second-order valence-electron chi connectivity index (χ2n) is 6.71. The van der Waals surface area contributed by atoms with E-state index in [-0.39, 0.29) is 12.5 Å². The summed E-state index contributed by atoms with van der Waals surface area (Å²) >= 11 is 0. The number of H-pyrrole nitrogens is 1. The van der Waals surface area contributed by atoms with Crippen LogP contribution in [0, 0.1) is 11.6 Å². The van der Waals surface area contributed by atoms with E-state index in [9.17, 15) is 18.4 Å². The maximum Gasteiger partial charge on any atom is 0.328 e. The summed E-state index contributed by atoms with van der Waals surface area (Å²) in [5.74, 6) is -1.46. The number of nitrogens with zero attached hydrogens (tertiary/aromatic N) is 2. The first-order valence-corrected chi connectivity index (χ1v) is 9.25. The van der Waals surface area contributed by atoms with Gasteiger partial charge < -0.3 is 10.3 Å². The molecule has 0 aliphatic carbocycles. The molecule has 0 fully saturated rings. The number of aromatic nitrogens is 3. The van der Waals surface area contributed by atoms with Crippen molar-refractivity contribution in [2.75, 3.05) is 6.54 Å². The molecule has 2 aromatic heterocycles. The summed E-state index contributed by atoms with van der Waals surface area (Å²) in [4.78, 5) is 31.2. The van der Waals surface area contributed by atoms with E-state index in [1.54, 1.807) is 12.3 Å². The van der Waals surface area contributed by atoms with Gasteiger partial charge in [0.1, 0.15) is 18.2 Å². The number of rotatable bonds is 8. The Morgan fingerprint density at radius 2 is 1.86 bits per heavy atom. The number of nitrogens with one attached hydrogen (secondary N) is 2. The first-order chi connectivity index (χ1) is 13.5. The average Bonchev–Trinajstić information content (AvgIpc) is 2.94. The van der Waals surface area contributed by atoms with Gasteiger partial charge in [-0.05, 0) is 48.6 Å². The lowest BCUT2D eigenvalue weighted by molar-refractivity contribution is -0.121. The van der Waals surface area contributed by atoms with Gasteiger partial charge in [-0.2, -0.15) is 0 Å². The van der Waals surface area contributed by atoms with E-state index in [0.717, 1.165) is 24.5 Å². The number of aryl methyl sites for hydroxylation is 2. The van der Waals surface area contributed by atoms with E-state index in [2.05, 4.69) is 15.3 Å². The van der Waals surface area contributed by atoms with Crippen LogP contribution in [0.2, 0.25) is 0 Å². The zero-order valence-electron chi connectivity index (χ0n) is 15.6. The zero-order valence-corrected chi connectivity index (χ0v) is 15.6. The molecule has 0 unspecified atom stereocenters. The van der Waals surface area contributed by atoms with Crippen LogP contribution in [0.4, 0.5) is 8.78 Å². The number of hydrogen-bond donors (Lipinski definition) is 2. The van der Waals surface area contributed by atoms with Gasteiger partial charge in [0.25, 0.3) is 0 Å². The van der Waals surface area contributed by atoms with Gasteiger partial charge >= 0.3 is 5.69 Å². The fourth-order valence-electron chi connectivity index (χ4n) is 3.02. The minimum atomic E-state index is -0.609. The van der Waals surface area contributed by atoms with Crippen molar-refractivity contribution in [3.8, 4) is 0 Å². The quantitative estimate of drug-likeness (QED) is 0.583. The monoisotopic (exact) mass is 388 g/mol. The molecule has 0 aliphatic rings. The molecule has 2 heterocycles. The fraction of sp³-hybridized carbons (Fsp3) is 0.350. The predicted molar refractivity (Wildman–Crippen MR) is 102 cm³/mol. The molecule has 8 heteroatoms. The number of carbonyl (C=O) groups is 1. The number of unbranched alkanes of at least 4 members (excludes halogenated alkanes) is 1. The van der Waals surface area contributed by atoms with Gasteiger partial charge in [0.05, 0.1) is 5.52 Å². The molecule has 3 aromatic rings. The third kappa shape index (κ3) is 4.82. The highest BCUT2D eigenvalue weighted by atomic mass is 19.1. The van der Waals surface area contributed by atoms with Gasteiger partial charge in [-0.15, -0.1) is 0 Å². The highest BCUT2D eigenvalue weighted by Gasteiger charge is 2.12. The van der Waals surface area contributed by atoms with E-state index in [1.165, 1.54) is 16.7 Å². The highest BCUT2D eigenvalue weighted by molar-refractivity contribution is 5.78. The molecule has 2 N–H and O–H groups in total. The number of carbonyl (C=O) groups excluding carboxylic acids is 1. The number of fused-ring (bicyclic) bond motifs is 1. The van der Waals surface area contributed by atoms with Crippen molar-refractivity contribution in [3.63, 3.8) is 0 Å². The number of benzene rings is 1. The molecule has 0 saturated heterocycles. The van der Waals surface area contributed by atoms with Crippen LogP contribution >= 0.6 is 0 Å². The summed E-state index contributed by atoms with van der Waals surface area (Å²) in [5.41, 5.74) is 1.88. The van der Waals surface area contributed by atoms with Crippen molar-refractivity contribution in [3.05, 3.63) is 63.7 Å². The lowest BCUT2D eigenvalue weighted by atomic mass is 10.1. The molecule has 0 bridgehead atoms. The number of imidazole rings is 1. The number of halogens is 2. The van der Waals surface area contributed by atoms with Crippen LogP contribution in [0.5, 0.6) is 0 Å². The molecule has 1 amide bonds. The maximum absolute atomic E-state index is 13.3. The topological polar surface area (TPSA) is 79.8 Å². The average molecular weight is 388 g/mol. The van der Waals surface area contributed by atoms with Crippen LogP contribution in [0.3, 0.4) is 0 Å². The molecule has 0 atom stereocenters. The van der Waals surface area contributed by atoms with Crippen molar-refractivity contribution >= 4 is 17.1 Å². The molecular weight excluding hydrogens is 366 g/mol. The third-order valence-corrected chi connectivity index (χ3v) is 4.44. The van der Waals surface area contributed by atoms with Gasteiger partial charge in [-0.3, -0.25) is 9.36 Å². The van der Waals surface area contributed by atoms with Crippen molar-refractivity contribution in [2.24, 2.45) is 0 Å². The summed E-state index contributed by atoms with van der Waals surface area (Å²) in [5, 5.41) is 2.77. The Balaban J connectivity index is 1.72. The first kappa shape index (κ1) is 19.7. The SMILES string of the molecule is CCCCNC(=O)Cn1c(=O)[nH]c2cc(CCc3cc(F)cc(F)c3)cnc21. The minimum absolute atomic E-state index is 0.0997. The summed E-state index contributed by atoms with van der Waals surface area (Å²) in [6.07, 6.45) is 4.41. The maximum atomic E-state index is 13.3. The largest absolute Gasteiger partial charge is 0.355 e. The van der Waals surface area contributed by atoms with Crippen LogP contribution in [-0.2, 0) is 24.2 Å². The van der Waals surface area contributed by atoms with E-state index >= 15 is 0 Å². The Kier molecular flexibility index (Phi) is 6.18. The molecule has 0 spiro atoms. The van der Waals surface area contributed by atoms with Gasteiger partial charge in [-0.1, -0.05) is 13.3 Å². The lowest BCUT2D eigenvalue weighted by Gasteiger charge is -2.06. The molecule has 1 aromatic carbocycles. The smallest absolute Gasteiger partial charge is 0.328 e. The Morgan fingerprint density at radius 1 is 1.14 bits per heavy atom. The van der Waals surface area contributed by atoms with Crippen LogP contribution < -0.4 is 11.0 Å². The van der Waals surface area contributed by atoms with Crippen LogP contribution in [0.1, 0.15) is 30.9 Å². The van der Waals surface area contributed by atoms with E-state index in [4.69, 9.17) is 0 Å². The molecule has 148 valence electrons. The highest BCUT2D eigenvalue weighted by Crippen LogP contribution is 2.14. The fourth-order valence-corrected chi connectivity index (χ4v) is 3.02. The minimum Gasteiger partial charge on any atom is -0.355 e. The molecule has 6 nitrogen and oxygen atoms in total. The van der Waals surface area contributed by atoms with E-state index < -0.39 is 17.3 Å². The Morgan fingerprint density at radius 3 is 2.57 bits per heavy atom. The Hall–Kier alpha value is -3.03. The Labute approximate surface area is 160 Å². The first-order valence-electron chi connectivity index (χ1n) is 9.25. The molecule has 3 rings (SSSR count). The summed E-state index contributed by atoms with van der Waals surface area (Å²) < 4.78 is 27.9. The molecule has 0 saturated carbocycles. The number of pyridine rings is 1.